The molecule has 0 radical (unpaired) electrons. The summed E-state index contributed by atoms with van der Waals surface area (Å²) in [6, 6.07) is 9.53. The SMILES string of the molecule is CCNC(=O)CCNC(=O)Cc1ccccc1. The summed E-state index contributed by atoms with van der Waals surface area (Å²) in [6.45, 7) is 2.88. The van der Waals surface area contributed by atoms with Crippen molar-refractivity contribution < 1.29 is 9.59 Å². The molecule has 0 aliphatic carbocycles. The van der Waals surface area contributed by atoms with E-state index >= 15 is 0 Å². The summed E-state index contributed by atoms with van der Waals surface area (Å²) in [7, 11) is 0. The Morgan fingerprint density at radius 1 is 1.06 bits per heavy atom. The van der Waals surface area contributed by atoms with Crippen molar-refractivity contribution in [2.24, 2.45) is 0 Å². The summed E-state index contributed by atoms with van der Waals surface area (Å²) in [5.41, 5.74) is 0.975. The Morgan fingerprint density at radius 3 is 2.41 bits per heavy atom. The highest BCUT2D eigenvalue weighted by Gasteiger charge is 2.04. The summed E-state index contributed by atoms with van der Waals surface area (Å²) in [5, 5.41) is 5.40. The lowest BCUT2D eigenvalue weighted by molar-refractivity contribution is -0.121. The second kappa shape index (κ2) is 7.44. The molecule has 1 aromatic carbocycles. The molecule has 2 N–H and O–H groups in total. The number of benzene rings is 1. The molecule has 2 amide bonds. The number of amides is 2. The van der Waals surface area contributed by atoms with E-state index in [1.54, 1.807) is 0 Å². The van der Waals surface area contributed by atoms with Crippen LogP contribution in [-0.2, 0) is 16.0 Å². The Balaban J connectivity index is 2.20. The van der Waals surface area contributed by atoms with Crippen molar-refractivity contribution in [3.8, 4) is 0 Å². The van der Waals surface area contributed by atoms with Gasteiger partial charge in [0.05, 0.1) is 6.42 Å². The van der Waals surface area contributed by atoms with E-state index in [0.29, 0.717) is 25.9 Å². The third-order valence-electron chi connectivity index (χ3n) is 2.26. The minimum atomic E-state index is -0.0551. The summed E-state index contributed by atoms with van der Waals surface area (Å²) in [5.74, 6) is -0.0898. The molecule has 0 atom stereocenters. The van der Waals surface area contributed by atoms with Crippen molar-refractivity contribution in [3.05, 3.63) is 35.9 Å². The van der Waals surface area contributed by atoms with E-state index in [1.807, 2.05) is 37.3 Å². The predicted molar refractivity (Wildman–Crippen MR) is 66.5 cm³/mol. The number of rotatable bonds is 6. The predicted octanol–water partition coefficient (Wildman–Crippen LogP) is 0.871. The number of hydrogen-bond acceptors (Lipinski definition) is 2. The molecule has 0 unspecified atom stereocenters. The van der Waals surface area contributed by atoms with Gasteiger partial charge in [-0.15, -0.1) is 0 Å². The molecule has 92 valence electrons. The first-order chi connectivity index (χ1) is 8.22. The molecule has 0 spiro atoms. The molecule has 1 rings (SSSR count). The van der Waals surface area contributed by atoms with Gasteiger partial charge in [0.25, 0.3) is 0 Å². The van der Waals surface area contributed by atoms with Gasteiger partial charge in [-0.3, -0.25) is 9.59 Å². The first-order valence-electron chi connectivity index (χ1n) is 5.79. The quantitative estimate of drug-likeness (QED) is 0.767. The zero-order valence-electron chi connectivity index (χ0n) is 10.0. The van der Waals surface area contributed by atoms with E-state index in [4.69, 9.17) is 0 Å². The van der Waals surface area contributed by atoms with Crippen LogP contribution in [0.3, 0.4) is 0 Å². The molecule has 4 nitrogen and oxygen atoms in total. The van der Waals surface area contributed by atoms with Gasteiger partial charge in [-0.25, -0.2) is 0 Å². The molecule has 0 bridgehead atoms. The van der Waals surface area contributed by atoms with Gasteiger partial charge >= 0.3 is 0 Å². The molecule has 0 aliphatic heterocycles. The maximum absolute atomic E-state index is 11.5. The van der Waals surface area contributed by atoms with E-state index in [9.17, 15) is 9.59 Å². The topological polar surface area (TPSA) is 58.2 Å². The summed E-state index contributed by atoms with van der Waals surface area (Å²) in [6.07, 6.45) is 0.685. The van der Waals surface area contributed by atoms with Crippen LogP contribution in [-0.4, -0.2) is 24.9 Å². The fraction of sp³-hybridized carbons (Fsp3) is 0.385. The second-order valence-corrected chi connectivity index (χ2v) is 3.72. The number of carbonyl (C=O) groups is 2. The Kier molecular flexibility index (Phi) is 5.79. The van der Waals surface area contributed by atoms with Crippen LogP contribution in [0.15, 0.2) is 30.3 Å². The molecule has 4 heteroatoms. The molecular formula is C13H18N2O2. The smallest absolute Gasteiger partial charge is 0.224 e. The molecule has 0 saturated heterocycles. The molecule has 1 aromatic rings. The van der Waals surface area contributed by atoms with Crippen LogP contribution in [0.25, 0.3) is 0 Å². The Labute approximate surface area is 101 Å². The summed E-state index contributed by atoms with van der Waals surface area (Å²) < 4.78 is 0. The van der Waals surface area contributed by atoms with Gasteiger partial charge < -0.3 is 10.6 Å². The molecule has 0 fully saturated rings. The Morgan fingerprint density at radius 2 is 1.76 bits per heavy atom. The van der Waals surface area contributed by atoms with E-state index in [0.717, 1.165) is 5.56 Å². The van der Waals surface area contributed by atoms with Crippen LogP contribution in [0, 0.1) is 0 Å². The van der Waals surface area contributed by atoms with Crippen LogP contribution >= 0.6 is 0 Å². The van der Waals surface area contributed by atoms with Crippen LogP contribution in [0.4, 0.5) is 0 Å². The molecule has 0 aliphatic rings. The fourth-order valence-electron chi connectivity index (χ4n) is 1.44. The minimum Gasteiger partial charge on any atom is -0.356 e. The third kappa shape index (κ3) is 5.70. The van der Waals surface area contributed by atoms with Gasteiger partial charge in [0, 0.05) is 19.5 Å². The first kappa shape index (κ1) is 13.2. The summed E-state index contributed by atoms with van der Waals surface area (Å²) >= 11 is 0. The van der Waals surface area contributed by atoms with Gasteiger partial charge in [-0.05, 0) is 12.5 Å². The van der Waals surface area contributed by atoms with E-state index < -0.39 is 0 Å². The Bertz CT molecular complexity index is 363. The third-order valence-corrected chi connectivity index (χ3v) is 2.26. The highest BCUT2D eigenvalue weighted by molar-refractivity contribution is 5.80. The number of hydrogen-bond donors (Lipinski definition) is 2. The zero-order valence-corrected chi connectivity index (χ0v) is 10.0. The standard InChI is InChI=1S/C13H18N2O2/c1-2-14-12(16)8-9-15-13(17)10-11-6-4-3-5-7-11/h3-7H,2,8-10H2,1H3,(H,14,16)(H,15,17). The lowest BCUT2D eigenvalue weighted by Gasteiger charge is -2.05. The van der Waals surface area contributed by atoms with Crippen molar-refractivity contribution >= 4 is 11.8 Å². The average molecular weight is 234 g/mol. The van der Waals surface area contributed by atoms with E-state index in [1.165, 1.54) is 0 Å². The molecule has 17 heavy (non-hydrogen) atoms. The number of carbonyl (C=O) groups excluding carboxylic acids is 2. The molecule has 0 saturated carbocycles. The maximum Gasteiger partial charge on any atom is 0.224 e. The lowest BCUT2D eigenvalue weighted by Crippen LogP contribution is -2.31. The molecular weight excluding hydrogens is 216 g/mol. The monoisotopic (exact) mass is 234 g/mol. The van der Waals surface area contributed by atoms with Crippen molar-refractivity contribution in [3.63, 3.8) is 0 Å². The second-order valence-electron chi connectivity index (χ2n) is 3.72. The molecule has 0 aromatic heterocycles. The van der Waals surface area contributed by atoms with Crippen molar-refractivity contribution in [2.45, 2.75) is 19.8 Å². The van der Waals surface area contributed by atoms with Gasteiger partial charge in [0.1, 0.15) is 0 Å². The van der Waals surface area contributed by atoms with Crippen LogP contribution in [0.5, 0.6) is 0 Å². The zero-order chi connectivity index (χ0) is 12.5. The van der Waals surface area contributed by atoms with Crippen LogP contribution in [0.2, 0.25) is 0 Å². The van der Waals surface area contributed by atoms with Crippen molar-refractivity contribution in [1.29, 1.82) is 0 Å². The van der Waals surface area contributed by atoms with E-state index in [-0.39, 0.29) is 11.8 Å². The highest BCUT2D eigenvalue weighted by Crippen LogP contribution is 1.98. The van der Waals surface area contributed by atoms with Gasteiger partial charge in [0.15, 0.2) is 0 Å². The van der Waals surface area contributed by atoms with E-state index in [2.05, 4.69) is 10.6 Å². The van der Waals surface area contributed by atoms with Crippen LogP contribution in [0.1, 0.15) is 18.9 Å². The first-order valence-corrected chi connectivity index (χ1v) is 5.79. The molecule has 0 heterocycles. The van der Waals surface area contributed by atoms with Gasteiger partial charge in [0.2, 0.25) is 11.8 Å². The van der Waals surface area contributed by atoms with Gasteiger partial charge in [-0.2, -0.15) is 0 Å². The fourth-order valence-corrected chi connectivity index (χ4v) is 1.44. The normalized spacial score (nSPS) is 9.71. The van der Waals surface area contributed by atoms with Crippen LogP contribution < -0.4 is 10.6 Å². The van der Waals surface area contributed by atoms with Gasteiger partial charge in [-0.1, -0.05) is 30.3 Å². The number of nitrogens with one attached hydrogen (secondary N) is 2. The lowest BCUT2D eigenvalue weighted by atomic mass is 10.1. The Hall–Kier alpha value is -1.84. The maximum atomic E-state index is 11.5. The largest absolute Gasteiger partial charge is 0.356 e. The average Bonchev–Trinajstić information content (AvgIpc) is 2.30. The van der Waals surface area contributed by atoms with Crippen molar-refractivity contribution in [1.82, 2.24) is 10.6 Å². The minimum absolute atomic E-state index is 0.0347. The highest BCUT2D eigenvalue weighted by atomic mass is 16.2. The van der Waals surface area contributed by atoms with Crippen molar-refractivity contribution in [2.75, 3.05) is 13.1 Å². The summed E-state index contributed by atoms with van der Waals surface area (Å²) in [4.78, 5) is 22.6.